The number of rotatable bonds is 3. The van der Waals surface area contributed by atoms with Crippen molar-refractivity contribution in [1.29, 1.82) is 0 Å². The third kappa shape index (κ3) is 2.43. The zero-order valence-corrected chi connectivity index (χ0v) is 13.3. The molecule has 3 rings (SSSR count). The summed E-state index contributed by atoms with van der Waals surface area (Å²) in [5.74, 6) is -1.70. The largest absolute Gasteiger partial charge is 1.00 e. The number of hydrogen-bond donors (Lipinski definition) is 0. The Morgan fingerprint density at radius 2 is 2.11 bits per heavy atom. The van der Waals surface area contributed by atoms with Gasteiger partial charge in [-0.1, -0.05) is 6.07 Å². The van der Waals surface area contributed by atoms with Gasteiger partial charge in [-0.15, -0.1) is 11.3 Å². The molecule has 0 aliphatic carbocycles. The summed E-state index contributed by atoms with van der Waals surface area (Å²) in [6.45, 7) is 0.563. The van der Waals surface area contributed by atoms with Crippen LogP contribution in [0.4, 0.5) is 0 Å². The number of carboxylic acids is 1. The van der Waals surface area contributed by atoms with E-state index < -0.39 is 11.9 Å². The van der Waals surface area contributed by atoms with Gasteiger partial charge in [0.05, 0.1) is 16.5 Å². The second-order valence-electron chi connectivity index (χ2n) is 4.26. The van der Waals surface area contributed by atoms with Gasteiger partial charge in [0.1, 0.15) is 0 Å². The first-order valence-corrected chi connectivity index (χ1v) is 6.55. The van der Waals surface area contributed by atoms with Crippen molar-refractivity contribution in [1.82, 2.24) is 4.57 Å². The molecule has 0 saturated carbocycles. The van der Waals surface area contributed by atoms with Crippen LogP contribution in [0.15, 0.2) is 29.6 Å². The Bertz CT molecular complexity index is 618. The Morgan fingerprint density at radius 3 is 2.74 bits per heavy atom. The van der Waals surface area contributed by atoms with Crippen molar-refractivity contribution in [2.45, 2.75) is 18.9 Å². The third-order valence-electron chi connectivity index (χ3n) is 3.27. The average Bonchev–Trinajstić information content (AvgIpc) is 3.04. The van der Waals surface area contributed by atoms with E-state index in [4.69, 9.17) is 0 Å². The summed E-state index contributed by atoms with van der Waals surface area (Å²) >= 11 is 1.39. The number of hydrogen-bond acceptors (Lipinski definition) is 4. The van der Waals surface area contributed by atoms with Crippen molar-refractivity contribution in [2.24, 2.45) is 0 Å². The molecule has 4 nitrogen and oxygen atoms in total. The minimum absolute atomic E-state index is 0. The molecule has 92 valence electrons. The van der Waals surface area contributed by atoms with Crippen LogP contribution in [0.2, 0.25) is 0 Å². The molecule has 0 radical (unpaired) electrons. The molecule has 19 heavy (non-hydrogen) atoms. The van der Waals surface area contributed by atoms with E-state index in [1.807, 2.05) is 11.4 Å². The normalized spacial score (nSPS) is 16.7. The number of carbonyl (C=O) groups is 2. The van der Waals surface area contributed by atoms with E-state index in [9.17, 15) is 14.7 Å². The molecular weight excluding hydrogens is 273 g/mol. The molecule has 0 spiro atoms. The second kappa shape index (κ2) is 5.63. The summed E-state index contributed by atoms with van der Waals surface area (Å²) in [6, 6.07) is 7.02. The van der Waals surface area contributed by atoms with Crippen LogP contribution >= 0.6 is 11.3 Å². The molecule has 6 heteroatoms. The van der Waals surface area contributed by atoms with E-state index in [1.165, 1.54) is 11.3 Å². The fraction of sp³-hybridized carbons (Fsp3) is 0.231. The maximum absolute atomic E-state index is 12.2. The molecule has 2 aromatic rings. The number of fused-ring (bicyclic) bond motifs is 1. The van der Waals surface area contributed by atoms with Gasteiger partial charge in [-0.3, -0.25) is 4.79 Å². The van der Waals surface area contributed by atoms with Gasteiger partial charge in [-0.2, -0.15) is 0 Å². The van der Waals surface area contributed by atoms with Gasteiger partial charge in [0.2, 0.25) is 5.78 Å². The number of aliphatic carboxylic acids is 1. The van der Waals surface area contributed by atoms with Crippen LogP contribution in [0.5, 0.6) is 0 Å². The Balaban J connectivity index is 0.00000133. The van der Waals surface area contributed by atoms with E-state index >= 15 is 0 Å². The number of thiophene rings is 1. The van der Waals surface area contributed by atoms with Crippen molar-refractivity contribution in [3.63, 3.8) is 0 Å². The molecule has 1 aliphatic rings. The summed E-state index contributed by atoms with van der Waals surface area (Å²) in [7, 11) is 0. The summed E-state index contributed by atoms with van der Waals surface area (Å²) in [6.07, 6.45) is 0.503. The molecule has 1 atom stereocenters. The molecule has 2 aromatic heterocycles. The number of nitrogens with zero attached hydrogens (tertiary/aromatic N) is 1. The van der Waals surface area contributed by atoms with Crippen LogP contribution in [-0.4, -0.2) is 16.3 Å². The fourth-order valence-corrected chi connectivity index (χ4v) is 3.09. The van der Waals surface area contributed by atoms with Crippen molar-refractivity contribution >= 4 is 23.1 Å². The van der Waals surface area contributed by atoms with E-state index in [2.05, 4.69) is 0 Å². The molecule has 0 fully saturated rings. The molecule has 1 aliphatic heterocycles. The van der Waals surface area contributed by atoms with Gasteiger partial charge >= 0.3 is 29.6 Å². The molecule has 0 saturated heterocycles. The zero-order chi connectivity index (χ0) is 12.7. The van der Waals surface area contributed by atoms with Gasteiger partial charge in [0.25, 0.3) is 0 Å². The molecule has 0 aromatic carbocycles. The summed E-state index contributed by atoms with van der Waals surface area (Å²) in [5.41, 5.74) is 1.24. The standard InChI is InChI=1S/C13H11NO3S.Na/c15-12(11-2-1-7-18-11)10-4-3-9-8(13(16)17)5-6-14(9)10;/h1-4,7-8H,5-6H2,(H,16,17);/q;+1/p-1. The van der Waals surface area contributed by atoms with Crippen molar-refractivity contribution in [3.05, 3.63) is 45.9 Å². The van der Waals surface area contributed by atoms with Crippen LogP contribution in [0, 0.1) is 0 Å². The van der Waals surface area contributed by atoms with Gasteiger partial charge in [0, 0.05) is 18.2 Å². The topological polar surface area (TPSA) is 62.1 Å². The summed E-state index contributed by atoms with van der Waals surface area (Å²) < 4.78 is 1.79. The van der Waals surface area contributed by atoms with E-state index in [1.54, 1.807) is 22.8 Å². The SMILES string of the molecule is O=C(c1cccs1)c1ccc2n1CCC2C(=O)[O-].[Na+]. The van der Waals surface area contributed by atoms with Crippen LogP contribution in [-0.2, 0) is 11.3 Å². The maximum atomic E-state index is 12.2. The molecule has 0 N–H and O–H groups in total. The zero-order valence-electron chi connectivity index (χ0n) is 10.5. The molecule has 0 amide bonds. The van der Waals surface area contributed by atoms with Crippen molar-refractivity contribution in [3.8, 4) is 0 Å². The minimum Gasteiger partial charge on any atom is -0.549 e. The Kier molecular flexibility index (Phi) is 4.30. The monoisotopic (exact) mass is 283 g/mol. The Hall–Kier alpha value is -0.880. The smallest absolute Gasteiger partial charge is 0.549 e. The van der Waals surface area contributed by atoms with Gasteiger partial charge in [-0.25, -0.2) is 0 Å². The van der Waals surface area contributed by atoms with Crippen LogP contribution in [0.25, 0.3) is 0 Å². The van der Waals surface area contributed by atoms with Crippen molar-refractivity contribution < 1.29 is 44.3 Å². The molecule has 1 unspecified atom stereocenters. The molecule has 3 heterocycles. The predicted molar refractivity (Wildman–Crippen MR) is 64.5 cm³/mol. The predicted octanol–water partition coefficient (Wildman–Crippen LogP) is -1.98. The Labute approximate surface area is 136 Å². The first-order valence-electron chi connectivity index (χ1n) is 5.67. The van der Waals surface area contributed by atoms with Crippen LogP contribution in [0.3, 0.4) is 0 Å². The first kappa shape index (κ1) is 14.5. The van der Waals surface area contributed by atoms with Crippen LogP contribution < -0.4 is 34.7 Å². The maximum Gasteiger partial charge on any atom is 1.00 e. The number of carboxylic acid groups (broad SMARTS) is 1. The minimum atomic E-state index is -1.07. The quantitative estimate of drug-likeness (QED) is 0.484. The number of aromatic nitrogens is 1. The van der Waals surface area contributed by atoms with Gasteiger partial charge < -0.3 is 14.5 Å². The second-order valence-corrected chi connectivity index (χ2v) is 5.21. The van der Waals surface area contributed by atoms with E-state index in [0.29, 0.717) is 29.2 Å². The molecule has 0 bridgehead atoms. The number of carbonyl (C=O) groups excluding carboxylic acids is 2. The van der Waals surface area contributed by atoms with E-state index in [0.717, 1.165) is 0 Å². The Morgan fingerprint density at radius 1 is 1.32 bits per heavy atom. The molecular formula is C13H10NNaO3S. The first-order chi connectivity index (χ1) is 8.68. The number of ketones is 1. The van der Waals surface area contributed by atoms with Gasteiger partial charge in [0.15, 0.2) is 0 Å². The van der Waals surface area contributed by atoms with Crippen LogP contribution in [0.1, 0.15) is 33.4 Å². The summed E-state index contributed by atoms with van der Waals surface area (Å²) in [5, 5.41) is 12.8. The third-order valence-corrected chi connectivity index (χ3v) is 4.14. The fourth-order valence-electron chi connectivity index (χ4n) is 2.41. The van der Waals surface area contributed by atoms with Gasteiger partial charge in [-0.05, 0) is 30.0 Å². The summed E-state index contributed by atoms with van der Waals surface area (Å²) in [4.78, 5) is 23.9. The average molecular weight is 283 g/mol. The van der Waals surface area contributed by atoms with E-state index in [-0.39, 0.29) is 35.3 Å². The van der Waals surface area contributed by atoms with Crippen molar-refractivity contribution in [2.75, 3.05) is 0 Å².